The van der Waals surface area contributed by atoms with Gasteiger partial charge in [-0.2, -0.15) is 0 Å². The third kappa shape index (κ3) is 3.26. The van der Waals surface area contributed by atoms with Gasteiger partial charge in [0, 0.05) is 6.54 Å². The van der Waals surface area contributed by atoms with Crippen LogP contribution in [0.15, 0.2) is 12.1 Å². The zero-order valence-electron chi connectivity index (χ0n) is 11.9. The Morgan fingerprint density at radius 2 is 1.89 bits per heavy atom. The van der Waals surface area contributed by atoms with Gasteiger partial charge in [-0.1, -0.05) is 25.5 Å². The molecule has 0 atom stereocenters. The van der Waals surface area contributed by atoms with E-state index in [1.165, 1.54) is 36.0 Å². The molecule has 2 nitrogen and oxygen atoms in total. The average Bonchev–Trinajstić information content (AvgIpc) is 2.27. The second kappa shape index (κ2) is 6.24. The maximum atomic E-state index is 6.01. The minimum Gasteiger partial charge on any atom is -0.493 e. The number of hydrogen-bond acceptors (Lipinski definition) is 2. The highest BCUT2D eigenvalue weighted by Crippen LogP contribution is 2.30. The zero-order chi connectivity index (χ0) is 13.0. The number of ether oxygens (including phenoxy) is 1. The number of hydrogen-bond donors (Lipinski definition) is 1. The van der Waals surface area contributed by atoms with Gasteiger partial charge in [0.1, 0.15) is 5.75 Å². The van der Waals surface area contributed by atoms with Crippen LogP contribution in [0.1, 0.15) is 42.9 Å². The van der Waals surface area contributed by atoms with Gasteiger partial charge in [-0.25, -0.2) is 0 Å². The van der Waals surface area contributed by atoms with Gasteiger partial charge in [-0.3, -0.25) is 0 Å². The Morgan fingerprint density at radius 1 is 1.22 bits per heavy atom. The van der Waals surface area contributed by atoms with Crippen LogP contribution >= 0.6 is 0 Å². The Bertz CT molecular complexity index is 373. The van der Waals surface area contributed by atoms with Gasteiger partial charge in [-0.15, -0.1) is 0 Å². The summed E-state index contributed by atoms with van der Waals surface area (Å²) in [5.74, 6) is 1.90. The van der Waals surface area contributed by atoms with E-state index in [1.54, 1.807) is 0 Å². The topological polar surface area (TPSA) is 21.3 Å². The van der Waals surface area contributed by atoms with E-state index in [1.807, 2.05) is 0 Å². The summed E-state index contributed by atoms with van der Waals surface area (Å²) < 4.78 is 6.01. The summed E-state index contributed by atoms with van der Waals surface area (Å²) in [5.41, 5.74) is 3.88. The molecule has 1 fully saturated rings. The first-order valence-electron chi connectivity index (χ1n) is 7.14. The summed E-state index contributed by atoms with van der Waals surface area (Å²) >= 11 is 0. The monoisotopic (exact) mass is 247 g/mol. The molecule has 1 aromatic carbocycles. The molecule has 1 saturated carbocycles. The van der Waals surface area contributed by atoms with Gasteiger partial charge in [0.25, 0.3) is 0 Å². The normalized spacial score (nSPS) is 15.5. The molecule has 0 heterocycles. The zero-order valence-corrected chi connectivity index (χ0v) is 11.9. The first-order valence-corrected chi connectivity index (χ1v) is 7.14. The lowest BCUT2D eigenvalue weighted by molar-refractivity contribution is 0.179. The van der Waals surface area contributed by atoms with Crippen LogP contribution in [0.25, 0.3) is 0 Å². The van der Waals surface area contributed by atoms with Crippen LogP contribution < -0.4 is 10.1 Å². The van der Waals surface area contributed by atoms with E-state index in [4.69, 9.17) is 4.74 Å². The van der Waals surface area contributed by atoms with Gasteiger partial charge in [0.15, 0.2) is 0 Å². The number of aryl methyl sites for hydroxylation is 2. The van der Waals surface area contributed by atoms with Crippen molar-refractivity contribution >= 4 is 0 Å². The summed E-state index contributed by atoms with van der Waals surface area (Å²) in [6.07, 6.45) is 4.07. The van der Waals surface area contributed by atoms with Crippen molar-refractivity contribution in [1.29, 1.82) is 0 Å². The first kappa shape index (κ1) is 13.4. The molecular formula is C16H25NO. The summed E-state index contributed by atoms with van der Waals surface area (Å²) in [6, 6.07) is 4.48. The lowest BCUT2D eigenvalue weighted by atomic mass is 9.86. The molecule has 0 aliphatic heterocycles. The highest BCUT2D eigenvalue weighted by molar-refractivity contribution is 5.43. The first-order chi connectivity index (χ1) is 8.70. The lowest BCUT2D eigenvalue weighted by Gasteiger charge is -2.26. The minimum atomic E-state index is 0.797. The van der Waals surface area contributed by atoms with E-state index in [-0.39, 0.29) is 0 Å². The number of benzene rings is 1. The smallest absolute Gasteiger partial charge is 0.125 e. The van der Waals surface area contributed by atoms with Crippen LogP contribution in [-0.4, -0.2) is 13.2 Å². The Kier molecular flexibility index (Phi) is 4.65. The fraction of sp³-hybridized carbons (Fsp3) is 0.625. The van der Waals surface area contributed by atoms with Crippen molar-refractivity contribution in [2.75, 3.05) is 13.2 Å². The van der Waals surface area contributed by atoms with Crippen molar-refractivity contribution in [1.82, 2.24) is 5.32 Å². The molecule has 0 saturated heterocycles. The summed E-state index contributed by atoms with van der Waals surface area (Å²) in [5, 5.41) is 3.37. The van der Waals surface area contributed by atoms with Crippen LogP contribution in [0.2, 0.25) is 0 Å². The fourth-order valence-corrected chi connectivity index (χ4v) is 2.50. The summed E-state index contributed by atoms with van der Waals surface area (Å²) in [6.45, 7) is 9.29. The highest BCUT2D eigenvalue weighted by Gasteiger charge is 2.18. The molecular weight excluding hydrogens is 222 g/mol. The van der Waals surface area contributed by atoms with E-state index in [9.17, 15) is 0 Å². The van der Waals surface area contributed by atoms with Crippen LogP contribution in [0.4, 0.5) is 0 Å². The van der Waals surface area contributed by atoms with Crippen molar-refractivity contribution in [3.05, 3.63) is 28.8 Å². The van der Waals surface area contributed by atoms with E-state index in [0.717, 1.165) is 31.4 Å². The molecule has 0 radical (unpaired) electrons. The third-order valence-corrected chi connectivity index (χ3v) is 3.79. The molecule has 0 spiro atoms. The molecule has 1 aliphatic carbocycles. The largest absolute Gasteiger partial charge is 0.493 e. The maximum absolute atomic E-state index is 6.01. The quantitative estimate of drug-likeness (QED) is 0.829. The SMILES string of the molecule is CCNCc1cc(C)c(OCC2CCC2)c(C)c1. The molecule has 0 aromatic heterocycles. The second-order valence-electron chi connectivity index (χ2n) is 5.45. The summed E-state index contributed by atoms with van der Waals surface area (Å²) in [4.78, 5) is 0. The average molecular weight is 247 g/mol. The van der Waals surface area contributed by atoms with Crippen LogP contribution in [0, 0.1) is 19.8 Å². The predicted molar refractivity (Wildman–Crippen MR) is 76.1 cm³/mol. The molecule has 1 aromatic rings. The van der Waals surface area contributed by atoms with Gasteiger partial charge < -0.3 is 10.1 Å². The van der Waals surface area contributed by atoms with Crippen LogP contribution in [0.5, 0.6) is 5.75 Å². The van der Waals surface area contributed by atoms with Crippen LogP contribution in [-0.2, 0) is 6.54 Å². The number of nitrogens with one attached hydrogen (secondary N) is 1. The lowest BCUT2D eigenvalue weighted by Crippen LogP contribution is -2.20. The van der Waals surface area contributed by atoms with Crippen molar-refractivity contribution in [2.24, 2.45) is 5.92 Å². The van der Waals surface area contributed by atoms with Gasteiger partial charge in [-0.05, 0) is 55.8 Å². The molecule has 2 rings (SSSR count). The Labute approximate surface area is 111 Å². The van der Waals surface area contributed by atoms with Crippen molar-refractivity contribution in [3.8, 4) is 5.75 Å². The fourth-order valence-electron chi connectivity index (χ4n) is 2.50. The van der Waals surface area contributed by atoms with Crippen molar-refractivity contribution in [3.63, 3.8) is 0 Å². The van der Waals surface area contributed by atoms with E-state index in [2.05, 4.69) is 38.2 Å². The van der Waals surface area contributed by atoms with Crippen molar-refractivity contribution < 1.29 is 4.74 Å². The third-order valence-electron chi connectivity index (χ3n) is 3.79. The Hall–Kier alpha value is -1.02. The van der Waals surface area contributed by atoms with Crippen molar-refractivity contribution in [2.45, 2.75) is 46.6 Å². The summed E-state index contributed by atoms with van der Waals surface area (Å²) in [7, 11) is 0. The molecule has 0 unspecified atom stereocenters. The Balaban J connectivity index is 2.00. The van der Waals surface area contributed by atoms with Gasteiger partial charge in [0.2, 0.25) is 0 Å². The van der Waals surface area contributed by atoms with E-state index in [0.29, 0.717) is 0 Å². The van der Waals surface area contributed by atoms with Crippen LogP contribution in [0.3, 0.4) is 0 Å². The molecule has 2 heteroatoms. The molecule has 18 heavy (non-hydrogen) atoms. The predicted octanol–water partition coefficient (Wildman–Crippen LogP) is 3.59. The Morgan fingerprint density at radius 3 is 2.39 bits per heavy atom. The molecule has 100 valence electrons. The second-order valence-corrected chi connectivity index (χ2v) is 5.45. The minimum absolute atomic E-state index is 0.797. The highest BCUT2D eigenvalue weighted by atomic mass is 16.5. The van der Waals surface area contributed by atoms with Gasteiger partial charge >= 0.3 is 0 Å². The van der Waals surface area contributed by atoms with E-state index >= 15 is 0 Å². The number of rotatable bonds is 6. The molecule has 1 N–H and O–H groups in total. The van der Waals surface area contributed by atoms with Gasteiger partial charge in [0.05, 0.1) is 6.61 Å². The molecule has 0 amide bonds. The standard InChI is InChI=1S/C16H25NO/c1-4-17-10-15-8-12(2)16(13(3)9-15)18-11-14-6-5-7-14/h8-9,14,17H,4-7,10-11H2,1-3H3. The molecule has 1 aliphatic rings. The van der Waals surface area contributed by atoms with E-state index < -0.39 is 0 Å². The molecule has 0 bridgehead atoms. The maximum Gasteiger partial charge on any atom is 0.125 e.